The third kappa shape index (κ3) is 6.20. The van der Waals surface area contributed by atoms with Crippen molar-refractivity contribution in [2.45, 2.75) is 45.3 Å². The van der Waals surface area contributed by atoms with Gasteiger partial charge in [0.15, 0.2) is 0 Å². The van der Waals surface area contributed by atoms with Gasteiger partial charge in [0.2, 0.25) is 11.7 Å². The molecule has 0 aliphatic carbocycles. The molecule has 2 N–H and O–H groups in total. The number of carbonyl (C=O) groups is 2. The Labute approximate surface area is 188 Å². The van der Waals surface area contributed by atoms with Gasteiger partial charge in [-0.05, 0) is 36.5 Å². The molecule has 3 atom stereocenters. The normalized spacial score (nSPS) is 14.2. The molecule has 0 fully saturated rings. The Kier molecular flexibility index (Phi) is 8.06. The summed E-state index contributed by atoms with van der Waals surface area (Å²) in [7, 11) is 1.59. The van der Waals surface area contributed by atoms with Gasteiger partial charge in [-0.3, -0.25) is 4.79 Å². The lowest BCUT2D eigenvalue weighted by molar-refractivity contribution is -0.126. The molecule has 1 heterocycles. The summed E-state index contributed by atoms with van der Waals surface area (Å²) in [5, 5.41) is 14.5. The fourth-order valence-corrected chi connectivity index (χ4v) is 3.91. The van der Waals surface area contributed by atoms with Crippen molar-refractivity contribution in [3.05, 3.63) is 72.0 Å². The zero-order valence-electron chi connectivity index (χ0n) is 18.8. The van der Waals surface area contributed by atoms with Gasteiger partial charge in [0.25, 0.3) is 0 Å². The first-order chi connectivity index (χ1) is 15.4. The second-order valence-corrected chi connectivity index (χ2v) is 8.53. The predicted octanol–water partition coefficient (Wildman–Crippen LogP) is 4.36. The second-order valence-electron chi connectivity index (χ2n) is 8.53. The molecule has 32 heavy (non-hydrogen) atoms. The molecular formula is C26H31NO5. The Bertz CT molecular complexity index is 994. The minimum Gasteiger partial charge on any atom is -0.453 e. The highest BCUT2D eigenvalue weighted by molar-refractivity contribution is 5.92. The summed E-state index contributed by atoms with van der Waals surface area (Å²) < 4.78 is 11.4. The summed E-state index contributed by atoms with van der Waals surface area (Å²) in [5.74, 6) is -0.767. The number of aliphatic hydroxyl groups is 1. The van der Waals surface area contributed by atoms with Gasteiger partial charge in [-0.15, -0.1) is 0 Å². The number of amides is 1. The van der Waals surface area contributed by atoms with Crippen LogP contribution in [0, 0.1) is 11.8 Å². The average molecular weight is 438 g/mol. The van der Waals surface area contributed by atoms with Crippen molar-refractivity contribution >= 4 is 22.8 Å². The second kappa shape index (κ2) is 11.0. The largest absolute Gasteiger partial charge is 0.453 e. The third-order valence-corrected chi connectivity index (χ3v) is 5.49. The van der Waals surface area contributed by atoms with Gasteiger partial charge in [0, 0.05) is 24.8 Å². The highest BCUT2D eigenvalue weighted by Gasteiger charge is 2.31. The first-order valence-electron chi connectivity index (χ1n) is 11.0. The molecule has 0 unspecified atom stereocenters. The van der Waals surface area contributed by atoms with Gasteiger partial charge in [-0.2, -0.15) is 0 Å². The highest BCUT2D eigenvalue weighted by atomic mass is 16.6. The molecule has 0 spiro atoms. The maximum absolute atomic E-state index is 12.9. The Morgan fingerprint density at radius 3 is 2.38 bits per heavy atom. The van der Waals surface area contributed by atoms with E-state index in [1.807, 2.05) is 62.4 Å². The summed E-state index contributed by atoms with van der Waals surface area (Å²) >= 11 is 0. The van der Waals surface area contributed by atoms with Crippen LogP contribution in [0.2, 0.25) is 0 Å². The Balaban J connectivity index is 1.80. The maximum Gasteiger partial charge on any atom is 0.374 e. The lowest BCUT2D eigenvalue weighted by Gasteiger charge is -2.27. The number of rotatable bonds is 10. The van der Waals surface area contributed by atoms with Gasteiger partial charge in [0.1, 0.15) is 11.7 Å². The highest BCUT2D eigenvalue weighted by Crippen LogP contribution is 2.24. The number of para-hydroxylation sites is 1. The lowest BCUT2D eigenvalue weighted by Crippen LogP contribution is -2.38. The zero-order valence-corrected chi connectivity index (χ0v) is 18.8. The number of fused-ring (bicyclic) bond motifs is 1. The molecule has 0 bridgehead atoms. The zero-order chi connectivity index (χ0) is 23.1. The standard InChI is InChI=1S/C26H31NO5/c1-17(2)13-20(25(29)27-3)15-21(28)23(14-18-9-5-4-6-10-18)32-26(30)24-16-19-11-7-8-12-22(19)31-24/h4-12,16-17,20-21,23,28H,13-15H2,1-3H3,(H,27,29)/t20-,21+,23+/m1/s1. The molecular weight excluding hydrogens is 406 g/mol. The summed E-state index contributed by atoms with van der Waals surface area (Å²) in [6, 6.07) is 18.5. The third-order valence-electron chi connectivity index (χ3n) is 5.49. The molecule has 1 aromatic heterocycles. The van der Waals surface area contributed by atoms with Gasteiger partial charge >= 0.3 is 5.97 Å². The van der Waals surface area contributed by atoms with E-state index in [9.17, 15) is 14.7 Å². The molecule has 2 aromatic carbocycles. The number of hydrogen-bond acceptors (Lipinski definition) is 5. The molecule has 3 aromatic rings. The number of nitrogens with one attached hydrogen (secondary N) is 1. The van der Waals surface area contributed by atoms with Crippen LogP contribution in [-0.4, -0.2) is 36.2 Å². The average Bonchev–Trinajstić information content (AvgIpc) is 3.22. The van der Waals surface area contributed by atoms with Crippen molar-refractivity contribution in [3.63, 3.8) is 0 Å². The number of furan rings is 1. The fraction of sp³-hybridized carbons (Fsp3) is 0.385. The van der Waals surface area contributed by atoms with Crippen molar-refractivity contribution in [2.24, 2.45) is 11.8 Å². The van der Waals surface area contributed by atoms with E-state index in [4.69, 9.17) is 9.15 Å². The first-order valence-corrected chi connectivity index (χ1v) is 11.0. The number of carbonyl (C=O) groups excluding carboxylic acids is 2. The summed E-state index contributed by atoms with van der Waals surface area (Å²) in [4.78, 5) is 25.2. The van der Waals surface area contributed by atoms with Gasteiger partial charge < -0.3 is 19.6 Å². The van der Waals surface area contributed by atoms with E-state index < -0.39 is 18.2 Å². The summed E-state index contributed by atoms with van der Waals surface area (Å²) in [6.07, 6.45) is -0.674. The van der Waals surface area contributed by atoms with Crippen molar-refractivity contribution in [3.8, 4) is 0 Å². The van der Waals surface area contributed by atoms with Crippen molar-refractivity contribution in [1.29, 1.82) is 0 Å². The van der Waals surface area contributed by atoms with Gasteiger partial charge in [-0.1, -0.05) is 62.4 Å². The Morgan fingerprint density at radius 2 is 1.72 bits per heavy atom. The van der Waals surface area contributed by atoms with Crippen LogP contribution in [0.25, 0.3) is 11.0 Å². The minimum atomic E-state index is -1.01. The quantitative estimate of drug-likeness (QED) is 0.460. The van der Waals surface area contributed by atoms with E-state index in [-0.39, 0.29) is 29.9 Å². The number of hydrogen-bond donors (Lipinski definition) is 2. The predicted molar refractivity (Wildman–Crippen MR) is 123 cm³/mol. The van der Waals surface area contributed by atoms with Crippen LogP contribution in [0.4, 0.5) is 0 Å². The smallest absolute Gasteiger partial charge is 0.374 e. The van der Waals surface area contributed by atoms with Crippen molar-refractivity contribution in [2.75, 3.05) is 7.05 Å². The number of aliphatic hydroxyl groups excluding tert-OH is 1. The molecule has 6 nitrogen and oxygen atoms in total. The van der Waals surface area contributed by atoms with Crippen LogP contribution in [0.1, 0.15) is 42.8 Å². The van der Waals surface area contributed by atoms with Crippen molar-refractivity contribution in [1.82, 2.24) is 5.32 Å². The van der Waals surface area contributed by atoms with Crippen LogP contribution >= 0.6 is 0 Å². The summed E-state index contributed by atoms with van der Waals surface area (Å²) in [6.45, 7) is 4.07. The van der Waals surface area contributed by atoms with E-state index in [2.05, 4.69) is 5.32 Å². The van der Waals surface area contributed by atoms with E-state index in [1.54, 1.807) is 19.2 Å². The fourth-order valence-electron chi connectivity index (χ4n) is 3.91. The van der Waals surface area contributed by atoms with Crippen molar-refractivity contribution < 1.29 is 23.8 Å². The summed E-state index contributed by atoms with van der Waals surface area (Å²) in [5.41, 5.74) is 1.52. The van der Waals surface area contributed by atoms with Crippen LogP contribution in [0.15, 0.2) is 65.1 Å². The Morgan fingerprint density at radius 1 is 1.03 bits per heavy atom. The Hall–Kier alpha value is -3.12. The molecule has 0 radical (unpaired) electrons. The molecule has 0 saturated heterocycles. The molecule has 0 aliphatic heterocycles. The number of benzene rings is 2. The van der Waals surface area contributed by atoms with Gasteiger partial charge in [-0.25, -0.2) is 4.79 Å². The van der Waals surface area contributed by atoms with Crippen LogP contribution < -0.4 is 5.32 Å². The van der Waals surface area contributed by atoms with E-state index >= 15 is 0 Å². The van der Waals surface area contributed by atoms with E-state index in [0.717, 1.165) is 10.9 Å². The van der Waals surface area contributed by atoms with Gasteiger partial charge in [0.05, 0.1) is 6.10 Å². The van der Waals surface area contributed by atoms with E-state index in [0.29, 0.717) is 18.4 Å². The maximum atomic E-state index is 12.9. The topological polar surface area (TPSA) is 88.8 Å². The van der Waals surface area contributed by atoms with E-state index in [1.165, 1.54) is 0 Å². The molecule has 6 heteroatoms. The molecule has 0 aliphatic rings. The number of ether oxygens (including phenoxy) is 1. The van der Waals surface area contributed by atoms with Crippen LogP contribution in [0.5, 0.6) is 0 Å². The minimum absolute atomic E-state index is 0.0847. The molecule has 170 valence electrons. The first kappa shape index (κ1) is 23.5. The van der Waals surface area contributed by atoms with Crippen LogP contribution in [-0.2, 0) is 16.0 Å². The lowest BCUT2D eigenvalue weighted by atomic mass is 9.88. The van der Waals surface area contributed by atoms with Crippen LogP contribution in [0.3, 0.4) is 0 Å². The SMILES string of the molecule is CNC(=O)[C@H](CC(C)C)C[C@H](O)[C@H](Cc1ccccc1)OC(=O)c1cc2ccccc2o1. The molecule has 0 saturated carbocycles. The molecule has 3 rings (SSSR count). The molecule has 1 amide bonds. The monoisotopic (exact) mass is 437 g/mol. The number of esters is 1.